The third-order valence-electron chi connectivity index (χ3n) is 2.39. The first-order chi connectivity index (χ1) is 8.20. The number of aromatic nitrogens is 2. The Morgan fingerprint density at radius 1 is 1.41 bits per heavy atom. The summed E-state index contributed by atoms with van der Waals surface area (Å²) in [7, 11) is 0. The van der Waals surface area contributed by atoms with E-state index in [0.29, 0.717) is 5.82 Å². The van der Waals surface area contributed by atoms with Crippen molar-refractivity contribution in [3.63, 3.8) is 0 Å². The summed E-state index contributed by atoms with van der Waals surface area (Å²) in [4.78, 5) is 10.2. The second-order valence-electron chi connectivity index (χ2n) is 3.79. The fraction of sp³-hybridized carbons (Fsp3) is 0.333. The molecule has 90 valence electrons. The number of anilines is 1. The first kappa shape index (κ1) is 12.8. The lowest BCUT2D eigenvalue weighted by atomic mass is 10.2. The monoisotopic (exact) mass is 359 g/mol. The fourth-order valence-corrected chi connectivity index (χ4v) is 2.83. The summed E-state index contributed by atoms with van der Waals surface area (Å²) in [5, 5.41) is 2.07. The van der Waals surface area contributed by atoms with Crippen molar-refractivity contribution < 1.29 is 0 Å². The highest BCUT2D eigenvalue weighted by molar-refractivity contribution is 14.1. The number of hydrogen-bond acceptors (Lipinski definition) is 4. The van der Waals surface area contributed by atoms with E-state index in [2.05, 4.69) is 50.9 Å². The molecule has 5 heteroatoms. The van der Waals surface area contributed by atoms with Crippen LogP contribution in [0.1, 0.15) is 29.7 Å². The van der Waals surface area contributed by atoms with E-state index in [1.54, 1.807) is 11.3 Å². The van der Waals surface area contributed by atoms with Gasteiger partial charge in [0.25, 0.3) is 0 Å². The molecule has 0 fully saturated rings. The SMILES string of the molecule is CCCc1nc(Cc2cccs2)nc(N)c1I. The molecule has 0 aliphatic heterocycles. The van der Waals surface area contributed by atoms with E-state index in [4.69, 9.17) is 5.73 Å². The first-order valence-corrected chi connectivity index (χ1v) is 7.49. The zero-order valence-electron chi connectivity index (χ0n) is 9.61. The maximum Gasteiger partial charge on any atom is 0.140 e. The third-order valence-corrected chi connectivity index (χ3v) is 4.44. The standard InChI is InChI=1S/C12H14IN3S/c1-2-4-9-11(13)12(14)16-10(15-9)7-8-5-3-6-17-8/h3,5-6H,2,4,7H2,1H3,(H2,14,15,16). The average Bonchev–Trinajstić information content (AvgIpc) is 2.78. The number of nitrogens with zero attached hydrogens (tertiary/aromatic N) is 2. The lowest BCUT2D eigenvalue weighted by Crippen LogP contribution is -2.07. The maximum absolute atomic E-state index is 5.93. The highest BCUT2D eigenvalue weighted by atomic mass is 127. The van der Waals surface area contributed by atoms with Gasteiger partial charge in [-0.2, -0.15) is 0 Å². The number of hydrogen-bond donors (Lipinski definition) is 1. The van der Waals surface area contributed by atoms with E-state index in [0.717, 1.165) is 34.4 Å². The molecule has 0 unspecified atom stereocenters. The van der Waals surface area contributed by atoms with Crippen LogP contribution in [0.25, 0.3) is 0 Å². The molecule has 0 amide bonds. The van der Waals surface area contributed by atoms with Crippen molar-refractivity contribution >= 4 is 39.7 Å². The van der Waals surface area contributed by atoms with Crippen LogP contribution >= 0.6 is 33.9 Å². The van der Waals surface area contributed by atoms with Crippen molar-refractivity contribution in [3.8, 4) is 0 Å². The summed E-state index contributed by atoms with van der Waals surface area (Å²) in [5.74, 6) is 1.43. The zero-order chi connectivity index (χ0) is 12.3. The zero-order valence-corrected chi connectivity index (χ0v) is 12.6. The van der Waals surface area contributed by atoms with E-state index in [1.807, 2.05) is 6.07 Å². The normalized spacial score (nSPS) is 10.7. The van der Waals surface area contributed by atoms with Crippen LogP contribution in [0.2, 0.25) is 0 Å². The van der Waals surface area contributed by atoms with Crippen LogP contribution in [0.5, 0.6) is 0 Å². The number of aryl methyl sites for hydroxylation is 1. The van der Waals surface area contributed by atoms with E-state index >= 15 is 0 Å². The molecule has 17 heavy (non-hydrogen) atoms. The Balaban J connectivity index is 2.28. The largest absolute Gasteiger partial charge is 0.383 e. The predicted octanol–water partition coefficient (Wildman–Crippen LogP) is 3.27. The van der Waals surface area contributed by atoms with Gasteiger partial charge in [-0.15, -0.1) is 11.3 Å². The van der Waals surface area contributed by atoms with Crippen LogP contribution in [-0.4, -0.2) is 9.97 Å². The van der Waals surface area contributed by atoms with Crippen molar-refractivity contribution in [3.05, 3.63) is 37.5 Å². The molecule has 0 saturated carbocycles. The number of halogens is 1. The van der Waals surface area contributed by atoms with Gasteiger partial charge >= 0.3 is 0 Å². The Morgan fingerprint density at radius 3 is 2.88 bits per heavy atom. The molecule has 2 heterocycles. The predicted molar refractivity (Wildman–Crippen MR) is 80.3 cm³/mol. The molecule has 2 aromatic rings. The van der Waals surface area contributed by atoms with Gasteiger partial charge in [-0.05, 0) is 40.5 Å². The molecule has 0 bridgehead atoms. The first-order valence-electron chi connectivity index (χ1n) is 5.54. The van der Waals surface area contributed by atoms with Crippen LogP contribution in [-0.2, 0) is 12.8 Å². The van der Waals surface area contributed by atoms with Crippen LogP contribution in [0, 0.1) is 3.57 Å². The summed E-state index contributed by atoms with van der Waals surface area (Å²) in [5.41, 5.74) is 7.00. The molecule has 2 N–H and O–H groups in total. The lowest BCUT2D eigenvalue weighted by Gasteiger charge is -2.07. The smallest absolute Gasteiger partial charge is 0.140 e. The van der Waals surface area contributed by atoms with Crippen molar-refractivity contribution in [2.75, 3.05) is 5.73 Å². The van der Waals surface area contributed by atoms with Gasteiger partial charge in [0, 0.05) is 11.3 Å². The minimum absolute atomic E-state index is 0.607. The quantitative estimate of drug-likeness (QED) is 0.853. The molecule has 0 aliphatic carbocycles. The lowest BCUT2D eigenvalue weighted by molar-refractivity contribution is 0.838. The van der Waals surface area contributed by atoms with Gasteiger partial charge in [-0.25, -0.2) is 9.97 Å². The summed E-state index contributed by atoms with van der Waals surface area (Å²) in [6.07, 6.45) is 2.81. The van der Waals surface area contributed by atoms with Crippen LogP contribution in [0.3, 0.4) is 0 Å². The van der Waals surface area contributed by atoms with Gasteiger partial charge in [-0.3, -0.25) is 0 Å². The van der Waals surface area contributed by atoms with Gasteiger partial charge in [-0.1, -0.05) is 19.4 Å². The van der Waals surface area contributed by atoms with Gasteiger partial charge in [0.2, 0.25) is 0 Å². The summed E-state index contributed by atoms with van der Waals surface area (Å²) in [6.45, 7) is 2.15. The molecule has 0 atom stereocenters. The van der Waals surface area contributed by atoms with E-state index in [9.17, 15) is 0 Å². The topological polar surface area (TPSA) is 51.8 Å². The van der Waals surface area contributed by atoms with Crippen LogP contribution in [0.15, 0.2) is 17.5 Å². The number of nitrogen functional groups attached to an aromatic ring is 1. The number of rotatable bonds is 4. The second-order valence-corrected chi connectivity index (χ2v) is 5.90. The van der Waals surface area contributed by atoms with Gasteiger partial charge in [0.05, 0.1) is 9.26 Å². The van der Waals surface area contributed by atoms with Crippen molar-refractivity contribution in [1.82, 2.24) is 9.97 Å². The third kappa shape index (κ3) is 3.16. The molecular formula is C12H14IN3S. The molecule has 2 aromatic heterocycles. The van der Waals surface area contributed by atoms with E-state index in [1.165, 1.54) is 4.88 Å². The van der Waals surface area contributed by atoms with Crippen LogP contribution < -0.4 is 5.73 Å². The molecule has 3 nitrogen and oxygen atoms in total. The van der Waals surface area contributed by atoms with E-state index < -0.39 is 0 Å². The Hall–Kier alpha value is -0.690. The Bertz CT molecular complexity index is 497. The molecule has 0 radical (unpaired) electrons. The maximum atomic E-state index is 5.93. The van der Waals surface area contributed by atoms with Crippen molar-refractivity contribution in [1.29, 1.82) is 0 Å². The highest BCUT2D eigenvalue weighted by Gasteiger charge is 2.10. The Kier molecular flexibility index (Phi) is 4.33. The minimum atomic E-state index is 0.607. The number of nitrogens with two attached hydrogens (primary N) is 1. The Morgan fingerprint density at radius 2 is 2.24 bits per heavy atom. The van der Waals surface area contributed by atoms with Gasteiger partial charge in [0.1, 0.15) is 11.6 Å². The fourth-order valence-electron chi connectivity index (χ4n) is 1.62. The van der Waals surface area contributed by atoms with Crippen molar-refractivity contribution in [2.45, 2.75) is 26.2 Å². The van der Waals surface area contributed by atoms with Gasteiger partial charge in [0.15, 0.2) is 0 Å². The summed E-state index contributed by atoms with van der Waals surface area (Å²) < 4.78 is 0.999. The molecule has 0 aliphatic rings. The average molecular weight is 359 g/mol. The molecule has 0 aromatic carbocycles. The Labute approximate surface area is 119 Å². The second kappa shape index (κ2) is 5.77. The molecule has 0 spiro atoms. The van der Waals surface area contributed by atoms with Crippen molar-refractivity contribution in [2.24, 2.45) is 0 Å². The van der Waals surface area contributed by atoms with Crippen LogP contribution in [0.4, 0.5) is 5.82 Å². The molecule has 0 saturated heterocycles. The highest BCUT2D eigenvalue weighted by Crippen LogP contribution is 2.20. The van der Waals surface area contributed by atoms with E-state index in [-0.39, 0.29) is 0 Å². The summed E-state index contributed by atoms with van der Waals surface area (Å²) in [6, 6.07) is 4.14. The summed E-state index contributed by atoms with van der Waals surface area (Å²) >= 11 is 3.95. The molecular weight excluding hydrogens is 345 g/mol. The number of thiophene rings is 1. The van der Waals surface area contributed by atoms with Gasteiger partial charge < -0.3 is 5.73 Å². The minimum Gasteiger partial charge on any atom is -0.383 e. The molecule has 2 rings (SSSR count).